The van der Waals surface area contributed by atoms with Crippen molar-refractivity contribution in [3.8, 4) is 0 Å². The van der Waals surface area contributed by atoms with Crippen LogP contribution in [0.1, 0.15) is 27.2 Å². The summed E-state index contributed by atoms with van der Waals surface area (Å²) in [6, 6.07) is 0.464. The average molecular weight is 253 g/mol. The molecule has 1 rings (SSSR count). The minimum absolute atomic E-state index is 0.199. The van der Waals surface area contributed by atoms with Crippen LogP contribution >= 0.6 is 0 Å². The minimum Gasteiger partial charge on any atom is -0.338 e. The zero-order valence-corrected chi connectivity index (χ0v) is 12.0. The molecule has 1 aliphatic rings. The van der Waals surface area contributed by atoms with Crippen molar-refractivity contribution in [2.24, 2.45) is 11.7 Å². The van der Waals surface area contributed by atoms with E-state index in [4.69, 9.17) is 5.73 Å². The fourth-order valence-corrected chi connectivity index (χ4v) is 2.58. The SMILES string of the molecule is C=C(C)CN(CC)C(=O)CN1CC(CN)CC1C. The molecular formula is C14H27N3O. The summed E-state index contributed by atoms with van der Waals surface area (Å²) in [6.07, 6.45) is 1.11. The highest BCUT2D eigenvalue weighted by Gasteiger charge is 2.30. The summed E-state index contributed by atoms with van der Waals surface area (Å²) in [5.41, 5.74) is 6.73. The molecule has 2 unspecified atom stereocenters. The lowest BCUT2D eigenvalue weighted by Crippen LogP contribution is -2.42. The van der Waals surface area contributed by atoms with Crippen molar-refractivity contribution < 1.29 is 4.79 Å². The number of amides is 1. The van der Waals surface area contributed by atoms with E-state index in [2.05, 4.69) is 18.4 Å². The summed E-state index contributed by atoms with van der Waals surface area (Å²) < 4.78 is 0. The third-order valence-corrected chi connectivity index (χ3v) is 3.66. The van der Waals surface area contributed by atoms with Gasteiger partial charge in [-0.2, -0.15) is 0 Å². The molecule has 0 aromatic rings. The Morgan fingerprint density at radius 3 is 2.67 bits per heavy atom. The molecule has 1 fully saturated rings. The van der Waals surface area contributed by atoms with Gasteiger partial charge < -0.3 is 10.6 Å². The van der Waals surface area contributed by atoms with Crippen LogP contribution in [0.4, 0.5) is 0 Å². The standard InChI is InChI=1S/C14H27N3O/c1-5-16(8-11(2)3)14(18)10-17-9-13(7-15)6-12(17)4/h12-13H,2,5-10,15H2,1,3-4H3. The Kier molecular flexibility index (Phi) is 5.82. The van der Waals surface area contributed by atoms with E-state index >= 15 is 0 Å². The van der Waals surface area contributed by atoms with Crippen molar-refractivity contribution in [3.63, 3.8) is 0 Å². The molecule has 0 aromatic heterocycles. The summed E-state index contributed by atoms with van der Waals surface area (Å²) in [5.74, 6) is 0.744. The maximum atomic E-state index is 12.2. The van der Waals surface area contributed by atoms with E-state index in [9.17, 15) is 4.79 Å². The Hall–Kier alpha value is -0.870. The predicted octanol–water partition coefficient (Wildman–Crippen LogP) is 1.08. The third kappa shape index (κ3) is 4.10. The molecule has 1 amide bonds. The van der Waals surface area contributed by atoms with Gasteiger partial charge >= 0.3 is 0 Å². The monoisotopic (exact) mass is 253 g/mol. The maximum absolute atomic E-state index is 12.2. The molecule has 0 saturated carbocycles. The third-order valence-electron chi connectivity index (χ3n) is 3.66. The second-order valence-corrected chi connectivity index (χ2v) is 5.48. The summed E-state index contributed by atoms with van der Waals surface area (Å²) in [4.78, 5) is 16.3. The normalized spacial score (nSPS) is 24.2. The molecule has 4 nitrogen and oxygen atoms in total. The van der Waals surface area contributed by atoms with Gasteiger partial charge in [0.1, 0.15) is 0 Å². The first-order valence-electron chi connectivity index (χ1n) is 6.84. The largest absolute Gasteiger partial charge is 0.338 e. The van der Waals surface area contributed by atoms with Gasteiger partial charge in [-0.05, 0) is 39.7 Å². The Labute approximate surface area is 111 Å². The molecule has 2 atom stereocenters. The van der Waals surface area contributed by atoms with Crippen LogP contribution in [0.25, 0.3) is 0 Å². The molecule has 0 aliphatic carbocycles. The highest BCUT2D eigenvalue weighted by molar-refractivity contribution is 5.78. The summed E-state index contributed by atoms with van der Waals surface area (Å²) in [7, 11) is 0. The van der Waals surface area contributed by atoms with Crippen molar-refractivity contribution in [3.05, 3.63) is 12.2 Å². The van der Waals surface area contributed by atoms with Gasteiger partial charge in [0, 0.05) is 25.7 Å². The fraction of sp³-hybridized carbons (Fsp3) is 0.786. The lowest BCUT2D eigenvalue weighted by atomic mass is 10.1. The van der Waals surface area contributed by atoms with Crippen LogP contribution in [0.15, 0.2) is 12.2 Å². The van der Waals surface area contributed by atoms with Gasteiger partial charge in [0.15, 0.2) is 0 Å². The van der Waals surface area contributed by atoms with Crippen molar-refractivity contribution in [1.82, 2.24) is 9.80 Å². The van der Waals surface area contributed by atoms with Gasteiger partial charge in [0.05, 0.1) is 6.54 Å². The second-order valence-electron chi connectivity index (χ2n) is 5.48. The van der Waals surface area contributed by atoms with Gasteiger partial charge in [0.2, 0.25) is 5.91 Å². The molecule has 104 valence electrons. The highest BCUT2D eigenvalue weighted by Crippen LogP contribution is 2.21. The number of nitrogens with zero attached hydrogens (tertiary/aromatic N) is 2. The molecule has 0 spiro atoms. The van der Waals surface area contributed by atoms with Crippen molar-refractivity contribution in [1.29, 1.82) is 0 Å². The van der Waals surface area contributed by atoms with Gasteiger partial charge in [0.25, 0.3) is 0 Å². The van der Waals surface area contributed by atoms with E-state index in [-0.39, 0.29) is 5.91 Å². The van der Waals surface area contributed by atoms with Crippen LogP contribution in [-0.4, -0.2) is 54.5 Å². The molecule has 1 heterocycles. The number of likely N-dealkylation sites (tertiary alicyclic amines) is 1. The molecule has 0 bridgehead atoms. The molecule has 0 aromatic carbocycles. The van der Waals surface area contributed by atoms with Gasteiger partial charge in [-0.15, -0.1) is 0 Å². The minimum atomic E-state index is 0.199. The maximum Gasteiger partial charge on any atom is 0.237 e. The fourth-order valence-electron chi connectivity index (χ4n) is 2.58. The zero-order chi connectivity index (χ0) is 13.7. The van der Waals surface area contributed by atoms with E-state index in [1.54, 1.807) is 0 Å². The van der Waals surface area contributed by atoms with Crippen LogP contribution in [0.5, 0.6) is 0 Å². The first-order chi connectivity index (χ1) is 8.47. The summed E-state index contributed by atoms with van der Waals surface area (Å²) in [5, 5.41) is 0. The lowest BCUT2D eigenvalue weighted by molar-refractivity contribution is -0.132. The smallest absolute Gasteiger partial charge is 0.237 e. The molecule has 1 saturated heterocycles. The van der Waals surface area contributed by atoms with Crippen LogP contribution in [0.2, 0.25) is 0 Å². The first-order valence-corrected chi connectivity index (χ1v) is 6.84. The summed E-state index contributed by atoms with van der Waals surface area (Å²) >= 11 is 0. The Bertz CT molecular complexity index is 303. The lowest BCUT2D eigenvalue weighted by Gasteiger charge is -2.26. The number of carbonyl (C=O) groups excluding carboxylic acids is 1. The summed E-state index contributed by atoms with van der Waals surface area (Å²) in [6.45, 7) is 13.6. The number of carbonyl (C=O) groups is 1. The number of likely N-dealkylation sites (N-methyl/N-ethyl adjacent to an activating group) is 1. The molecule has 0 radical (unpaired) electrons. The number of rotatable bonds is 6. The second kappa shape index (κ2) is 6.90. The molecule has 2 N–H and O–H groups in total. The van der Waals surface area contributed by atoms with Crippen LogP contribution in [0, 0.1) is 5.92 Å². The van der Waals surface area contributed by atoms with E-state index < -0.39 is 0 Å². The van der Waals surface area contributed by atoms with E-state index in [1.165, 1.54) is 0 Å². The van der Waals surface area contributed by atoms with Crippen molar-refractivity contribution >= 4 is 5.91 Å². The number of nitrogens with two attached hydrogens (primary N) is 1. The first kappa shape index (κ1) is 15.2. The Balaban J connectivity index is 2.50. The van der Waals surface area contributed by atoms with E-state index in [1.807, 2.05) is 18.7 Å². The average Bonchev–Trinajstić information content (AvgIpc) is 2.66. The van der Waals surface area contributed by atoms with Gasteiger partial charge in [-0.3, -0.25) is 9.69 Å². The van der Waals surface area contributed by atoms with Crippen LogP contribution < -0.4 is 5.73 Å². The molecule has 1 aliphatic heterocycles. The Morgan fingerprint density at radius 2 is 2.22 bits per heavy atom. The van der Waals surface area contributed by atoms with Crippen LogP contribution in [-0.2, 0) is 4.79 Å². The molecule has 4 heteroatoms. The van der Waals surface area contributed by atoms with Crippen LogP contribution in [0.3, 0.4) is 0 Å². The van der Waals surface area contributed by atoms with Gasteiger partial charge in [-0.25, -0.2) is 0 Å². The van der Waals surface area contributed by atoms with Crippen molar-refractivity contribution in [2.45, 2.75) is 33.2 Å². The zero-order valence-electron chi connectivity index (χ0n) is 12.0. The van der Waals surface area contributed by atoms with Gasteiger partial charge in [-0.1, -0.05) is 12.2 Å². The molecular weight excluding hydrogens is 226 g/mol. The van der Waals surface area contributed by atoms with E-state index in [0.717, 1.165) is 31.6 Å². The number of hydrogen-bond acceptors (Lipinski definition) is 3. The topological polar surface area (TPSA) is 49.6 Å². The predicted molar refractivity (Wildman–Crippen MR) is 75.3 cm³/mol. The number of hydrogen-bond donors (Lipinski definition) is 1. The highest BCUT2D eigenvalue weighted by atomic mass is 16.2. The molecule has 18 heavy (non-hydrogen) atoms. The quantitative estimate of drug-likeness (QED) is 0.721. The van der Waals surface area contributed by atoms with Crippen molar-refractivity contribution in [2.75, 3.05) is 32.7 Å². The Morgan fingerprint density at radius 1 is 1.56 bits per heavy atom. The van der Waals surface area contributed by atoms with E-state index in [0.29, 0.717) is 25.0 Å².